The Bertz CT molecular complexity index is 1160. The highest BCUT2D eigenvalue weighted by Gasteiger charge is 2.39. The third kappa shape index (κ3) is 3.85. The summed E-state index contributed by atoms with van der Waals surface area (Å²) < 4.78 is 5.49. The second-order valence-corrected chi connectivity index (χ2v) is 7.42. The number of hydrogen-bond acceptors (Lipinski definition) is 6. The molecule has 2 heterocycles. The van der Waals surface area contributed by atoms with E-state index in [9.17, 15) is 14.4 Å². The van der Waals surface area contributed by atoms with Crippen molar-refractivity contribution in [2.45, 2.75) is 6.92 Å². The predicted octanol–water partition coefficient (Wildman–Crippen LogP) is 2.44. The Balaban J connectivity index is 1.65. The third-order valence-corrected chi connectivity index (χ3v) is 5.24. The summed E-state index contributed by atoms with van der Waals surface area (Å²) in [6.07, 6.45) is 1.32. The molecule has 162 valence electrons. The molecule has 2 aromatic rings. The maximum absolute atomic E-state index is 13.3. The normalized spacial score (nSPS) is 20.0. The number of hydrogen-bond donors (Lipinski definition) is 2. The zero-order valence-corrected chi connectivity index (χ0v) is 18.0. The highest BCUT2D eigenvalue weighted by Crippen LogP contribution is 2.29. The summed E-state index contributed by atoms with van der Waals surface area (Å²) in [5.74, 6) is -2.00. The Hall–Kier alpha value is -3.98. The predicted molar refractivity (Wildman–Crippen MR) is 124 cm³/mol. The molecule has 0 bridgehead atoms. The number of nitrogens with zero attached hydrogens (tertiary/aromatic N) is 2. The highest BCUT2D eigenvalue weighted by molar-refractivity contribution is 7.80. The molecule has 2 N–H and O–H groups in total. The lowest BCUT2D eigenvalue weighted by Crippen LogP contribution is -2.54. The van der Waals surface area contributed by atoms with Crippen molar-refractivity contribution >= 4 is 46.4 Å². The molecule has 2 aliphatic heterocycles. The molecule has 2 aromatic carbocycles. The van der Waals surface area contributed by atoms with Crippen molar-refractivity contribution in [3.05, 3.63) is 78.5 Å². The number of nitrogens with one attached hydrogen (secondary N) is 2. The molecule has 0 saturated carbocycles. The molecule has 3 amide bonds. The molecule has 0 radical (unpaired) electrons. The summed E-state index contributed by atoms with van der Waals surface area (Å²) >= 11 is 5.24. The van der Waals surface area contributed by atoms with Gasteiger partial charge in [-0.1, -0.05) is 30.8 Å². The van der Waals surface area contributed by atoms with E-state index in [1.165, 1.54) is 16.0 Å². The second kappa shape index (κ2) is 8.64. The van der Waals surface area contributed by atoms with E-state index in [0.29, 0.717) is 29.4 Å². The molecule has 2 saturated heterocycles. The molecule has 0 aliphatic carbocycles. The van der Waals surface area contributed by atoms with E-state index in [0.717, 1.165) is 0 Å². The smallest absolute Gasteiger partial charge is 0.269 e. The van der Waals surface area contributed by atoms with Crippen LogP contribution in [0.25, 0.3) is 0 Å². The molecular formula is C23H20N4O4S. The van der Waals surface area contributed by atoms with Crippen LogP contribution >= 0.6 is 12.2 Å². The molecule has 8 nitrogen and oxygen atoms in total. The van der Waals surface area contributed by atoms with Gasteiger partial charge in [-0.05, 0) is 49.5 Å². The van der Waals surface area contributed by atoms with Gasteiger partial charge in [-0.15, -0.1) is 0 Å². The van der Waals surface area contributed by atoms with Gasteiger partial charge < -0.3 is 4.74 Å². The minimum atomic E-state index is -0.900. The van der Waals surface area contributed by atoms with Gasteiger partial charge in [0, 0.05) is 11.8 Å². The fraction of sp³-hybridized carbons (Fsp3) is 0.130. The van der Waals surface area contributed by atoms with Crippen LogP contribution in [0.3, 0.4) is 0 Å². The number of rotatable bonds is 5. The molecule has 4 rings (SSSR count). The minimum absolute atomic E-state index is 0.0496. The van der Waals surface area contributed by atoms with Gasteiger partial charge in [-0.3, -0.25) is 30.0 Å². The standard InChI is InChI=1S/C23H20N4O4S/c1-3-31-17-11-7-10-16(12-17)26-21(29)19(20(28)24-23(26)32)13-18-14(2)25-27(22(18)30)15-8-5-4-6-9-15/h4-13,18,25H,2-3H2,1H3,(H,24,28,32)/b19-13+/t18-/m1/s1. The highest BCUT2D eigenvalue weighted by atomic mass is 32.1. The number of benzene rings is 2. The van der Waals surface area contributed by atoms with Crippen LogP contribution in [0.2, 0.25) is 0 Å². The zero-order valence-electron chi connectivity index (χ0n) is 17.2. The van der Waals surface area contributed by atoms with Crippen LogP contribution in [0.4, 0.5) is 11.4 Å². The van der Waals surface area contributed by atoms with Gasteiger partial charge >= 0.3 is 0 Å². The van der Waals surface area contributed by atoms with Gasteiger partial charge in [-0.2, -0.15) is 0 Å². The van der Waals surface area contributed by atoms with Gasteiger partial charge in [0.25, 0.3) is 17.7 Å². The summed E-state index contributed by atoms with van der Waals surface area (Å²) in [6, 6.07) is 15.8. The van der Waals surface area contributed by atoms with Crippen LogP contribution in [-0.4, -0.2) is 29.4 Å². The van der Waals surface area contributed by atoms with Crippen LogP contribution in [0.5, 0.6) is 5.75 Å². The molecule has 0 spiro atoms. The Morgan fingerprint density at radius 3 is 2.53 bits per heavy atom. The topological polar surface area (TPSA) is 91.0 Å². The summed E-state index contributed by atoms with van der Waals surface area (Å²) in [6.45, 7) is 6.19. The van der Waals surface area contributed by atoms with Gasteiger partial charge in [0.15, 0.2) is 5.11 Å². The lowest BCUT2D eigenvalue weighted by molar-refractivity contribution is -0.122. The van der Waals surface area contributed by atoms with Crippen molar-refractivity contribution in [2.75, 3.05) is 16.5 Å². The number of carbonyl (C=O) groups is 3. The van der Waals surface area contributed by atoms with Crippen LogP contribution in [0.15, 0.2) is 78.5 Å². The molecule has 32 heavy (non-hydrogen) atoms. The molecule has 0 unspecified atom stereocenters. The van der Waals surface area contributed by atoms with Crippen molar-refractivity contribution in [2.24, 2.45) is 5.92 Å². The Morgan fingerprint density at radius 2 is 1.81 bits per heavy atom. The first kappa shape index (κ1) is 21.3. The second-order valence-electron chi connectivity index (χ2n) is 7.03. The molecule has 2 aliphatic rings. The number of ether oxygens (including phenoxy) is 1. The first-order chi connectivity index (χ1) is 15.4. The van der Waals surface area contributed by atoms with E-state index >= 15 is 0 Å². The molecular weight excluding hydrogens is 428 g/mol. The van der Waals surface area contributed by atoms with Crippen LogP contribution in [0, 0.1) is 5.92 Å². The van der Waals surface area contributed by atoms with Crippen molar-refractivity contribution in [1.82, 2.24) is 10.7 Å². The molecule has 0 aromatic heterocycles. The lowest BCUT2D eigenvalue weighted by Gasteiger charge is -2.29. The average Bonchev–Trinajstić information content (AvgIpc) is 3.05. The Labute approximate surface area is 190 Å². The van der Waals surface area contributed by atoms with Crippen LogP contribution in [-0.2, 0) is 14.4 Å². The number of hydrazine groups is 1. The van der Waals surface area contributed by atoms with Crippen LogP contribution in [0.1, 0.15) is 6.92 Å². The van der Waals surface area contributed by atoms with E-state index < -0.39 is 17.7 Å². The lowest BCUT2D eigenvalue weighted by atomic mass is 10.0. The van der Waals surface area contributed by atoms with Crippen molar-refractivity contribution in [3.8, 4) is 5.75 Å². The fourth-order valence-electron chi connectivity index (χ4n) is 3.45. The first-order valence-electron chi connectivity index (χ1n) is 9.89. The molecule has 2 fully saturated rings. The van der Waals surface area contributed by atoms with Gasteiger partial charge in [-0.25, -0.2) is 5.01 Å². The molecule has 9 heteroatoms. The van der Waals surface area contributed by atoms with Gasteiger partial charge in [0.05, 0.1) is 18.0 Å². The van der Waals surface area contributed by atoms with Crippen molar-refractivity contribution in [3.63, 3.8) is 0 Å². The van der Waals surface area contributed by atoms with Crippen LogP contribution < -0.4 is 25.4 Å². The summed E-state index contributed by atoms with van der Waals surface area (Å²) in [5, 5.41) is 3.81. The monoisotopic (exact) mass is 448 g/mol. The van der Waals surface area contributed by atoms with E-state index in [1.807, 2.05) is 13.0 Å². The number of para-hydroxylation sites is 1. The maximum Gasteiger partial charge on any atom is 0.269 e. The third-order valence-electron chi connectivity index (χ3n) is 4.95. The minimum Gasteiger partial charge on any atom is -0.494 e. The largest absolute Gasteiger partial charge is 0.494 e. The number of anilines is 2. The molecule has 1 atom stereocenters. The maximum atomic E-state index is 13.3. The number of carbonyl (C=O) groups excluding carboxylic acids is 3. The average molecular weight is 449 g/mol. The van der Waals surface area contributed by atoms with E-state index in [4.69, 9.17) is 17.0 Å². The van der Waals surface area contributed by atoms with Gasteiger partial charge in [0.1, 0.15) is 17.2 Å². The number of thiocarbonyl (C=S) groups is 1. The van der Waals surface area contributed by atoms with Crippen molar-refractivity contribution in [1.29, 1.82) is 0 Å². The van der Waals surface area contributed by atoms with E-state index in [2.05, 4.69) is 17.3 Å². The Morgan fingerprint density at radius 1 is 1.09 bits per heavy atom. The quantitative estimate of drug-likeness (QED) is 0.415. The summed E-state index contributed by atoms with van der Waals surface area (Å²) in [7, 11) is 0. The van der Waals surface area contributed by atoms with E-state index in [1.54, 1.807) is 48.5 Å². The van der Waals surface area contributed by atoms with Crippen molar-refractivity contribution < 1.29 is 19.1 Å². The number of amides is 3. The first-order valence-corrected chi connectivity index (χ1v) is 10.3. The van der Waals surface area contributed by atoms with Gasteiger partial charge in [0.2, 0.25) is 0 Å². The Kier molecular flexibility index (Phi) is 5.74. The summed E-state index contributed by atoms with van der Waals surface area (Å²) in [5.41, 5.74) is 4.12. The van der Waals surface area contributed by atoms with E-state index in [-0.39, 0.29) is 16.6 Å². The summed E-state index contributed by atoms with van der Waals surface area (Å²) in [4.78, 5) is 40.1. The fourth-order valence-corrected chi connectivity index (χ4v) is 3.74. The SMILES string of the molecule is C=C1NN(c2ccccc2)C(=O)[C@@H]1/C=C1\C(=O)NC(=S)N(c2cccc(OCC)c2)C1=O. The zero-order chi connectivity index (χ0) is 22.8.